The van der Waals surface area contributed by atoms with Crippen LogP contribution in [-0.2, 0) is 16.1 Å². The summed E-state index contributed by atoms with van der Waals surface area (Å²) in [4.78, 5) is 31.1. The molecular formula is C26H30N6O4. The average molecular weight is 491 g/mol. The van der Waals surface area contributed by atoms with Crippen LogP contribution in [0.3, 0.4) is 0 Å². The quantitative estimate of drug-likeness (QED) is 0.393. The topological polar surface area (TPSA) is 119 Å². The molecule has 10 nitrogen and oxygen atoms in total. The molecule has 1 aliphatic heterocycles. The van der Waals surface area contributed by atoms with Gasteiger partial charge in [-0.2, -0.15) is 0 Å². The van der Waals surface area contributed by atoms with E-state index >= 15 is 0 Å². The number of piperidine rings is 1. The summed E-state index contributed by atoms with van der Waals surface area (Å²) < 4.78 is 12.4. The number of carbonyl (C=O) groups excluding carboxylic acids is 1. The molecule has 1 saturated heterocycles. The maximum absolute atomic E-state index is 13.5. The minimum atomic E-state index is -0.494. The van der Waals surface area contributed by atoms with Crippen molar-refractivity contribution >= 4 is 16.9 Å². The Hall–Kier alpha value is -3.79. The Morgan fingerprint density at radius 2 is 2.06 bits per heavy atom. The van der Waals surface area contributed by atoms with E-state index in [0.717, 1.165) is 22.0 Å². The zero-order valence-electron chi connectivity index (χ0n) is 20.7. The molecule has 10 heteroatoms. The van der Waals surface area contributed by atoms with Crippen LogP contribution in [0.5, 0.6) is 0 Å². The number of H-pyrrole nitrogens is 1. The minimum absolute atomic E-state index is 0.152. The van der Waals surface area contributed by atoms with E-state index in [4.69, 9.17) is 9.15 Å². The lowest BCUT2D eigenvalue weighted by molar-refractivity contribution is -0.149. The highest BCUT2D eigenvalue weighted by atomic mass is 16.5. The van der Waals surface area contributed by atoms with Crippen LogP contribution >= 0.6 is 0 Å². The van der Waals surface area contributed by atoms with Crippen molar-refractivity contribution in [1.29, 1.82) is 0 Å². The van der Waals surface area contributed by atoms with Gasteiger partial charge in [-0.05, 0) is 79.4 Å². The third kappa shape index (κ3) is 4.68. The maximum atomic E-state index is 13.5. The van der Waals surface area contributed by atoms with Crippen molar-refractivity contribution < 1.29 is 13.9 Å². The number of furan rings is 1. The van der Waals surface area contributed by atoms with Crippen molar-refractivity contribution in [2.45, 2.75) is 46.2 Å². The Kier molecular flexibility index (Phi) is 6.69. The Labute approximate surface area is 208 Å². The molecule has 36 heavy (non-hydrogen) atoms. The molecule has 0 bridgehead atoms. The second kappa shape index (κ2) is 10.1. The van der Waals surface area contributed by atoms with E-state index in [-0.39, 0.29) is 17.4 Å². The van der Waals surface area contributed by atoms with Gasteiger partial charge in [-0.25, -0.2) is 4.68 Å². The standard InChI is InChI=1S/C26H30N6O4/c1-4-35-26(34)18-7-9-31(10-8-18)23(24-28-29-30-32(24)15-19-6-5-11-36-19)21-14-20-17(3)12-16(2)13-22(20)27-25(21)33/h5-6,11-14,18,23H,4,7-10,15H2,1-3H3,(H,27,33). The zero-order chi connectivity index (χ0) is 25.2. The number of esters is 1. The van der Waals surface area contributed by atoms with Gasteiger partial charge in [0, 0.05) is 29.6 Å². The number of hydrogen-bond donors (Lipinski definition) is 1. The zero-order valence-corrected chi connectivity index (χ0v) is 20.7. The third-order valence-corrected chi connectivity index (χ3v) is 6.84. The van der Waals surface area contributed by atoms with E-state index in [9.17, 15) is 9.59 Å². The molecule has 1 atom stereocenters. The molecule has 4 heterocycles. The van der Waals surface area contributed by atoms with E-state index in [0.29, 0.717) is 56.2 Å². The molecule has 0 aliphatic carbocycles. The molecule has 188 valence electrons. The average Bonchev–Trinajstić information content (AvgIpc) is 3.53. The van der Waals surface area contributed by atoms with Crippen LogP contribution in [0.1, 0.15) is 54.1 Å². The molecule has 4 aromatic rings. The van der Waals surface area contributed by atoms with Crippen LogP contribution in [0.4, 0.5) is 0 Å². The fourth-order valence-corrected chi connectivity index (χ4v) is 5.12. The van der Waals surface area contributed by atoms with Crippen LogP contribution < -0.4 is 5.56 Å². The smallest absolute Gasteiger partial charge is 0.309 e. The van der Waals surface area contributed by atoms with Crippen molar-refractivity contribution in [1.82, 2.24) is 30.1 Å². The molecule has 5 rings (SSSR count). The van der Waals surface area contributed by atoms with Gasteiger partial charge in [-0.1, -0.05) is 6.07 Å². The predicted molar refractivity (Wildman–Crippen MR) is 132 cm³/mol. The molecule has 3 aromatic heterocycles. The van der Waals surface area contributed by atoms with E-state index in [1.165, 1.54) is 0 Å². The number of aryl methyl sites for hydroxylation is 2. The second-order valence-electron chi connectivity index (χ2n) is 9.34. The lowest BCUT2D eigenvalue weighted by Crippen LogP contribution is -2.42. The van der Waals surface area contributed by atoms with E-state index < -0.39 is 6.04 Å². The van der Waals surface area contributed by atoms with Crippen molar-refractivity contribution in [3.63, 3.8) is 0 Å². The number of rotatable bonds is 7. The first kappa shape index (κ1) is 23.9. The van der Waals surface area contributed by atoms with Gasteiger partial charge in [0.25, 0.3) is 5.56 Å². The predicted octanol–water partition coefficient (Wildman–Crippen LogP) is 3.14. The van der Waals surface area contributed by atoms with Crippen LogP contribution in [-0.4, -0.2) is 55.8 Å². The first-order chi connectivity index (χ1) is 17.4. The SMILES string of the molecule is CCOC(=O)C1CCN(C(c2cc3c(C)cc(C)cc3[nH]c2=O)c2nnnn2Cc2ccco2)CC1. The second-order valence-corrected chi connectivity index (χ2v) is 9.34. The van der Waals surface area contributed by atoms with E-state index in [1.54, 1.807) is 10.9 Å². The Morgan fingerprint density at radius 3 is 2.78 bits per heavy atom. The first-order valence-electron chi connectivity index (χ1n) is 12.3. The molecule has 1 aliphatic rings. The van der Waals surface area contributed by atoms with Crippen molar-refractivity contribution in [3.05, 3.63) is 75.2 Å². The van der Waals surface area contributed by atoms with Crippen molar-refractivity contribution in [2.24, 2.45) is 5.92 Å². The first-order valence-corrected chi connectivity index (χ1v) is 12.3. The third-order valence-electron chi connectivity index (χ3n) is 6.84. The Morgan fingerprint density at radius 1 is 1.25 bits per heavy atom. The summed E-state index contributed by atoms with van der Waals surface area (Å²) in [6, 6.07) is 9.22. The number of ether oxygens (including phenoxy) is 1. The van der Waals surface area contributed by atoms with Crippen molar-refractivity contribution in [2.75, 3.05) is 19.7 Å². The molecule has 1 fully saturated rings. The highest BCUT2D eigenvalue weighted by Gasteiger charge is 2.35. The van der Waals surface area contributed by atoms with Gasteiger partial charge < -0.3 is 14.1 Å². The number of pyridine rings is 1. The summed E-state index contributed by atoms with van der Waals surface area (Å²) >= 11 is 0. The monoisotopic (exact) mass is 490 g/mol. The van der Waals surface area contributed by atoms with Crippen LogP contribution in [0.15, 0.2) is 45.8 Å². The van der Waals surface area contributed by atoms with E-state index in [2.05, 4.69) is 31.5 Å². The molecular weight excluding hydrogens is 460 g/mol. The van der Waals surface area contributed by atoms with Crippen LogP contribution in [0.25, 0.3) is 10.9 Å². The molecule has 0 radical (unpaired) electrons. The molecule has 1 aromatic carbocycles. The Bertz CT molecular complexity index is 1420. The number of nitrogens with one attached hydrogen (secondary N) is 1. The molecule has 1 N–H and O–H groups in total. The van der Waals surface area contributed by atoms with Gasteiger partial charge in [0.1, 0.15) is 18.3 Å². The van der Waals surface area contributed by atoms with E-state index in [1.807, 2.05) is 45.0 Å². The minimum Gasteiger partial charge on any atom is -0.467 e. The maximum Gasteiger partial charge on any atom is 0.309 e. The molecule has 0 spiro atoms. The van der Waals surface area contributed by atoms with Crippen LogP contribution in [0.2, 0.25) is 0 Å². The number of nitrogens with zero attached hydrogens (tertiary/aromatic N) is 5. The number of tetrazole rings is 1. The number of carbonyl (C=O) groups is 1. The largest absolute Gasteiger partial charge is 0.467 e. The summed E-state index contributed by atoms with van der Waals surface area (Å²) in [5, 5.41) is 13.5. The van der Waals surface area contributed by atoms with Gasteiger partial charge in [0.15, 0.2) is 5.82 Å². The lowest BCUT2D eigenvalue weighted by Gasteiger charge is -2.36. The fraction of sp³-hybridized carbons (Fsp3) is 0.423. The number of benzene rings is 1. The molecule has 0 saturated carbocycles. The highest BCUT2D eigenvalue weighted by Crippen LogP contribution is 2.32. The summed E-state index contributed by atoms with van der Waals surface area (Å²) in [7, 11) is 0. The van der Waals surface area contributed by atoms with Gasteiger partial charge in [-0.15, -0.1) is 5.10 Å². The van der Waals surface area contributed by atoms with Gasteiger partial charge in [-0.3, -0.25) is 14.5 Å². The van der Waals surface area contributed by atoms with Gasteiger partial charge in [0.05, 0.1) is 18.8 Å². The summed E-state index contributed by atoms with van der Waals surface area (Å²) in [5.74, 6) is 0.949. The van der Waals surface area contributed by atoms with Gasteiger partial charge in [0.2, 0.25) is 0 Å². The lowest BCUT2D eigenvalue weighted by atomic mass is 9.93. The van der Waals surface area contributed by atoms with Gasteiger partial charge >= 0.3 is 5.97 Å². The number of likely N-dealkylation sites (tertiary alicyclic amines) is 1. The molecule has 1 unspecified atom stereocenters. The number of aromatic nitrogens is 5. The molecule has 0 amide bonds. The Balaban J connectivity index is 1.56. The number of hydrogen-bond acceptors (Lipinski definition) is 8. The van der Waals surface area contributed by atoms with Crippen molar-refractivity contribution in [3.8, 4) is 0 Å². The number of aromatic amines is 1. The normalized spacial score (nSPS) is 15.9. The summed E-state index contributed by atoms with van der Waals surface area (Å²) in [6.07, 6.45) is 2.88. The van der Waals surface area contributed by atoms with Crippen LogP contribution in [0, 0.1) is 19.8 Å². The summed E-state index contributed by atoms with van der Waals surface area (Å²) in [5.41, 5.74) is 3.36. The number of fused-ring (bicyclic) bond motifs is 1. The highest BCUT2D eigenvalue weighted by molar-refractivity contribution is 5.83. The summed E-state index contributed by atoms with van der Waals surface area (Å²) in [6.45, 7) is 7.79. The fourth-order valence-electron chi connectivity index (χ4n) is 5.12.